The molecule has 0 aromatic rings. The maximum absolute atomic E-state index is 11.1. The Bertz CT molecular complexity index is 294. The van der Waals surface area contributed by atoms with Crippen molar-refractivity contribution in [3.63, 3.8) is 0 Å². The van der Waals surface area contributed by atoms with E-state index in [0.717, 1.165) is 25.8 Å². The maximum atomic E-state index is 11.1. The van der Waals surface area contributed by atoms with Gasteiger partial charge in [0.2, 0.25) is 0 Å². The summed E-state index contributed by atoms with van der Waals surface area (Å²) in [5.41, 5.74) is 0. The van der Waals surface area contributed by atoms with Crippen molar-refractivity contribution in [2.75, 3.05) is 26.2 Å². The molecule has 104 valence electrons. The van der Waals surface area contributed by atoms with Gasteiger partial charge in [0.15, 0.2) is 0 Å². The zero-order valence-corrected chi connectivity index (χ0v) is 10.4. The number of nitrogens with zero attached hydrogens (tertiary/aromatic N) is 1. The molecule has 1 saturated heterocycles. The van der Waals surface area contributed by atoms with Crippen molar-refractivity contribution in [2.45, 2.75) is 25.7 Å². The molecule has 1 heterocycles. The fraction of sp³-hybridized carbons (Fsp3) is 0.833. The first kappa shape index (κ1) is 14.9. The van der Waals surface area contributed by atoms with Crippen LogP contribution in [0.5, 0.6) is 0 Å². The van der Waals surface area contributed by atoms with E-state index in [1.54, 1.807) is 0 Å². The van der Waals surface area contributed by atoms with Crippen LogP contribution >= 0.6 is 0 Å². The molecule has 0 radical (unpaired) electrons. The van der Waals surface area contributed by atoms with Gasteiger partial charge in [-0.3, -0.25) is 9.59 Å². The van der Waals surface area contributed by atoms with Crippen molar-refractivity contribution in [1.82, 2.24) is 4.90 Å². The average molecular weight is 259 g/mol. The lowest BCUT2D eigenvalue weighted by Gasteiger charge is -2.34. The quantitative estimate of drug-likeness (QED) is 0.567. The van der Waals surface area contributed by atoms with Crippen LogP contribution in [0.25, 0.3) is 0 Å². The van der Waals surface area contributed by atoms with Crippen LogP contribution in [0.2, 0.25) is 0 Å². The van der Waals surface area contributed by atoms with Crippen molar-refractivity contribution in [3.8, 4) is 0 Å². The number of carboxylic acids is 2. The Kier molecular flexibility index (Phi) is 6.07. The van der Waals surface area contributed by atoms with E-state index in [2.05, 4.69) is 0 Å². The normalized spacial score (nSPS) is 24.9. The SMILES string of the molecule is O=C(O)C1CCN(CCCCCO)CC1C(=O)O. The van der Waals surface area contributed by atoms with E-state index in [-0.39, 0.29) is 6.61 Å². The Hall–Kier alpha value is -1.14. The third kappa shape index (κ3) is 4.27. The summed E-state index contributed by atoms with van der Waals surface area (Å²) in [6.07, 6.45) is 2.97. The maximum Gasteiger partial charge on any atom is 0.308 e. The fourth-order valence-electron chi connectivity index (χ4n) is 2.39. The van der Waals surface area contributed by atoms with Gasteiger partial charge in [-0.2, -0.15) is 0 Å². The van der Waals surface area contributed by atoms with Crippen LogP contribution in [-0.4, -0.2) is 58.4 Å². The summed E-state index contributed by atoms with van der Waals surface area (Å²) in [5.74, 6) is -3.62. The van der Waals surface area contributed by atoms with Gasteiger partial charge in [0, 0.05) is 13.2 Å². The van der Waals surface area contributed by atoms with Gasteiger partial charge < -0.3 is 20.2 Å². The molecule has 0 amide bonds. The zero-order valence-electron chi connectivity index (χ0n) is 10.4. The second-order valence-corrected chi connectivity index (χ2v) is 4.76. The summed E-state index contributed by atoms with van der Waals surface area (Å²) >= 11 is 0. The number of rotatable bonds is 7. The number of hydrogen-bond donors (Lipinski definition) is 3. The molecule has 1 rings (SSSR count). The highest BCUT2D eigenvalue weighted by Gasteiger charge is 2.38. The van der Waals surface area contributed by atoms with Gasteiger partial charge in [0.25, 0.3) is 0 Å². The molecule has 0 aromatic heterocycles. The van der Waals surface area contributed by atoms with E-state index in [9.17, 15) is 9.59 Å². The van der Waals surface area contributed by atoms with Crippen LogP contribution in [0, 0.1) is 11.8 Å². The van der Waals surface area contributed by atoms with Gasteiger partial charge in [0.05, 0.1) is 11.8 Å². The molecule has 18 heavy (non-hydrogen) atoms. The Morgan fingerprint density at radius 1 is 1.06 bits per heavy atom. The predicted molar refractivity (Wildman–Crippen MR) is 64.2 cm³/mol. The topological polar surface area (TPSA) is 98.1 Å². The van der Waals surface area contributed by atoms with Gasteiger partial charge in [0.1, 0.15) is 0 Å². The molecular formula is C12H21NO5. The van der Waals surface area contributed by atoms with Crippen molar-refractivity contribution < 1.29 is 24.9 Å². The monoisotopic (exact) mass is 259 g/mol. The molecule has 6 nitrogen and oxygen atoms in total. The zero-order chi connectivity index (χ0) is 13.5. The second-order valence-electron chi connectivity index (χ2n) is 4.76. The third-order valence-electron chi connectivity index (χ3n) is 3.46. The van der Waals surface area contributed by atoms with E-state index in [1.807, 2.05) is 4.90 Å². The van der Waals surface area contributed by atoms with Crippen molar-refractivity contribution in [3.05, 3.63) is 0 Å². The van der Waals surface area contributed by atoms with Gasteiger partial charge in [-0.25, -0.2) is 0 Å². The Balaban J connectivity index is 2.42. The van der Waals surface area contributed by atoms with E-state index in [1.165, 1.54) is 0 Å². The minimum Gasteiger partial charge on any atom is -0.481 e. The summed E-state index contributed by atoms with van der Waals surface area (Å²) in [5, 5.41) is 26.7. The highest BCUT2D eigenvalue weighted by atomic mass is 16.4. The molecule has 0 aromatic carbocycles. The molecule has 1 aliphatic heterocycles. The first-order chi connectivity index (χ1) is 8.56. The van der Waals surface area contributed by atoms with E-state index in [4.69, 9.17) is 15.3 Å². The molecule has 1 fully saturated rings. The van der Waals surface area contributed by atoms with Crippen LogP contribution in [-0.2, 0) is 9.59 Å². The Morgan fingerprint density at radius 2 is 1.72 bits per heavy atom. The highest BCUT2D eigenvalue weighted by Crippen LogP contribution is 2.24. The number of aliphatic hydroxyl groups excluding tert-OH is 1. The minimum absolute atomic E-state index is 0.179. The van der Waals surface area contributed by atoms with E-state index in [0.29, 0.717) is 19.5 Å². The molecule has 2 unspecified atom stereocenters. The smallest absolute Gasteiger partial charge is 0.308 e. The number of unbranched alkanes of at least 4 members (excludes halogenated alkanes) is 2. The summed E-state index contributed by atoms with van der Waals surface area (Å²) in [4.78, 5) is 24.0. The molecule has 0 spiro atoms. The Morgan fingerprint density at radius 3 is 2.28 bits per heavy atom. The molecule has 3 N–H and O–H groups in total. The van der Waals surface area contributed by atoms with Gasteiger partial charge >= 0.3 is 11.9 Å². The molecule has 2 atom stereocenters. The average Bonchev–Trinajstić information content (AvgIpc) is 2.34. The van der Waals surface area contributed by atoms with Crippen molar-refractivity contribution in [1.29, 1.82) is 0 Å². The molecular weight excluding hydrogens is 238 g/mol. The van der Waals surface area contributed by atoms with Crippen molar-refractivity contribution in [2.24, 2.45) is 11.8 Å². The summed E-state index contributed by atoms with van der Waals surface area (Å²) in [7, 11) is 0. The highest BCUT2D eigenvalue weighted by molar-refractivity contribution is 5.80. The molecule has 1 aliphatic rings. The lowest BCUT2D eigenvalue weighted by molar-refractivity contribution is -0.157. The van der Waals surface area contributed by atoms with E-state index < -0.39 is 23.8 Å². The van der Waals surface area contributed by atoms with Gasteiger partial charge in [-0.05, 0) is 38.8 Å². The van der Waals surface area contributed by atoms with Gasteiger partial charge in [-0.1, -0.05) is 0 Å². The Labute approximate surface area is 106 Å². The summed E-state index contributed by atoms with van der Waals surface area (Å²) < 4.78 is 0. The van der Waals surface area contributed by atoms with Crippen LogP contribution < -0.4 is 0 Å². The molecule has 0 saturated carbocycles. The number of hydrogen-bond acceptors (Lipinski definition) is 4. The van der Waals surface area contributed by atoms with Crippen LogP contribution in [0.3, 0.4) is 0 Å². The van der Waals surface area contributed by atoms with Crippen LogP contribution in [0.1, 0.15) is 25.7 Å². The standard InChI is InChI=1S/C12H21NO5/c14-7-3-1-2-5-13-6-4-9(11(15)16)10(8-13)12(17)18/h9-10,14H,1-8H2,(H,15,16)(H,17,18). The number of carbonyl (C=O) groups is 2. The summed E-state index contributed by atoms with van der Waals surface area (Å²) in [6, 6.07) is 0. The molecule has 0 bridgehead atoms. The first-order valence-corrected chi connectivity index (χ1v) is 6.35. The number of likely N-dealkylation sites (tertiary alicyclic amines) is 1. The second kappa shape index (κ2) is 7.33. The predicted octanol–water partition coefficient (Wildman–Crippen LogP) is 0.256. The van der Waals surface area contributed by atoms with Crippen LogP contribution in [0.15, 0.2) is 0 Å². The third-order valence-corrected chi connectivity index (χ3v) is 3.46. The number of aliphatic carboxylic acids is 2. The minimum atomic E-state index is -1.03. The lowest BCUT2D eigenvalue weighted by atomic mass is 9.85. The van der Waals surface area contributed by atoms with Crippen molar-refractivity contribution >= 4 is 11.9 Å². The first-order valence-electron chi connectivity index (χ1n) is 6.35. The number of aliphatic hydroxyl groups is 1. The molecule has 6 heteroatoms. The lowest BCUT2D eigenvalue weighted by Crippen LogP contribution is -2.46. The largest absolute Gasteiger partial charge is 0.481 e. The van der Waals surface area contributed by atoms with E-state index >= 15 is 0 Å². The number of piperidine rings is 1. The summed E-state index contributed by atoms with van der Waals surface area (Å²) in [6.45, 7) is 1.90. The fourth-order valence-corrected chi connectivity index (χ4v) is 2.39. The van der Waals surface area contributed by atoms with Crippen LogP contribution in [0.4, 0.5) is 0 Å². The van der Waals surface area contributed by atoms with Gasteiger partial charge in [-0.15, -0.1) is 0 Å². The molecule has 0 aliphatic carbocycles. The number of carboxylic acid groups (broad SMARTS) is 2.